The van der Waals surface area contributed by atoms with Crippen molar-refractivity contribution in [3.05, 3.63) is 0 Å². The Morgan fingerprint density at radius 1 is 1.50 bits per heavy atom. The fourth-order valence-corrected chi connectivity index (χ4v) is 1.80. The van der Waals surface area contributed by atoms with Crippen LogP contribution in [-0.4, -0.2) is 31.5 Å². The molecule has 0 radical (unpaired) electrons. The highest BCUT2D eigenvalue weighted by molar-refractivity contribution is 8.09. The van der Waals surface area contributed by atoms with Crippen LogP contribution in [0, 0.1) is 0 Å². The summed E-state index contributed by atoms with van der Waals surface area (Å²) < 4.78 is 21.8. The zero-order chi connectivity index (χ0) is 7.19. The molecule has 52 valence electrons. The Morgan fingerprint density at radius 3 is 3.00 bits per heavy atom. The highest BCUT2D eigenvalue weighted by Crippen LogP contribution is 2.11. The molecule has 10 heavy (non-hydrogen) atoms. The molecule has 0 unspecified atom stereocenters. The summed E-state index contributed by atoms with van der Waals surface area (Å²) in [4.78, 5) is 10.8. The standard InChI is InChI=1S/C4H3N3O2S/c8-10(9)2-7-3-4(10)6-1-5-3/h1H,2H2. The van der Waals surface area contributed by atoms with Gasteiger partial charge in [0.1, 0.15) is 12.2 Å². The largest absolute Gasteiger partial charge is 0.247 e. The highest BCUT2D eigenvalue weighted by Gasteiger charge is 2.32. The lowest BCUT2D eigenvalue weighted by Gasteiger charge is -1.86. The maximum Gasteiger partial charge on any atom is 0.219 e. The number of sulfone groups is 1. The Labute approximate surface area is 57.1 Å². The van der Waals surface area contributed by atoms with E-state index >= 15 is 0 Å². The lowest BCUT2D eigenvalue weighted by Crippen LogP contribution is -2.14. The average Bonchev–Trinajstić information content (AvgIpc) is 2.36. The van der Waals surface area contributed by atoms with E-state index in [2.05, 4.69) is 15.0 Å². The zero-order valence-corrected chi connectivity index (χ0v) is 5.67. The van der Waals surface area contributed by atoms with E-state index in [-0.39, 0.29) is 16.8 Å². The summed E-state index contributed by atoms with van der Waals surface area (Å²) in [5.41, 5.74) is 0. The average molecular weight is 157 g/mol. The van der Waals surface area contributed by atoms with Gasteiger partial charge in [0, 0.05) is 0 Å². The van der Waals surface area contributed by atoms with Crippen LogP contribution in [0.4, 0.5) is 0 Å². The zero-order valence-electron chi connectivity index (χ0n) is 4.85. The van der Waals surface area contributed by atoms with Crippen molar-refractivity contribution < 1.29 is 8.42 Å². The van der Waals surface area contributed by atoms with E-state index in [1.807, 2.05) is 0 Å². The second kappa shape index (κ2) is 1.51. The molecule has 0 aromatic rings. The highest BCUT2D eigenvalue weighted by atomic mass is 32.2. The fourth-order valence-electron chi connectivity index (χ4n) is 0.784. The van der Waals surface area contributed by atoms with Gasteiger partial charge < -0.3 is 0 Å². The summed E-state index contributed by atoms with van der Waals surface area (Å²) in [5, 5.41) is 0.0208. The van der Waals surface area contributed by atoms with Crippen molar-refractivity contribution in [3.8, 4) is 0 Å². The molecule has 6 heteroatoms. The predicted octanol–water partition coefficient (Wildman–Crippen LogP) is -0.789. The van der Waals surface area contributed by atoms with Crippen LogP contribution in [0.15, 0.2) is 15.0 Å². The van der Waals surface area contributed by atoms with Gasteiger partial charge in [0.05, 0.1) is 0 Å². The van der Waals surface area contributed by atoms with Crippen LogP contribution < -0.4 is 0 Å². The van der Waals surface area contributed by atoms with Crippen LogP contribution in [0.25, 0.3) is 0 Å². The van der Waals surface area contributed by atoms with Gasteiger partial charge in [-0.1, -0.05) is 0 Å². The van der Waals surface area contributed by atoms with Gasteiger partial charge in [-0.2, -0.15) is 0 Å². The molecule has 0 amide bonds. The van der Waals surface area contributed by atoms with Gasteiger partial charge in [-0.25, -0.2) is 23.4 Å². The number of hydrogen-bond acceptors (Lipinski definition) is 5. The number of nitrogens with zero attached hydrogens (tertiary/aromatic N) is 3. The van der Waals surface area contributed by atoms with E-state index < -0.39 is 9.84 Å². The molecule has 2 heterocycles. The number of fused-ring (bicyclic) bond motifs is 1. The lowest BCUT2D eigenvalue weighted by atomic mass is 10.7. The van der Waals surface area contributed by atoms with Crippen LogP contribution in [0.2, 0.25) is 0 Å². The van der Waals surface area contributed by atoms with Crippen LogP contribution in [0.5, 0.6) is 0 Å². The molecule has 0 spiro atoms. The molecule has 0 aliphatic carbocycles. The van der Waals surface area contributed by atoms with Crippen molar-refractivity contribution in [2.24, 2.45) is 15.0 Å². The molecule has 0 atom stereocenters. The number of rotatable bonds is 0. The van der Waals surface area contributed by atoms with Gasteiger partial charge in [-0.15, -0.1) is 0 Å². The Morgan fingerprint density at radius 2 is 2.30 bits per heavy atom. The molecule has 0 saturated carbocycles. The van der Waals surface area contributed by atoms with Crippen LogP contribution in [-0.2, 0) is 9.84 Å². The van der Waals surface area contributed by atoms with Gasteiger partial charge in [0.15, 0.2) is 5.84 Å². The molecule has 2 aliphatic rings. The van der Waals surface area contributed by atoms with Gasteiger partial charge in [-0.05, 0) is 0 Å². The summed E-state index contributed by atoms with van der Waals surface area (Å²) >= 11 is 0. The normalized spacial score (nSPS) is 26.0. The van der Waals surface area contributed by atoms with E-state index in [9.17, 15) is 8.42 Å². The topological polar surface area (TPSA) is 71.2 Å². The third-order valence-electron chi connectivity index (χ3n) is 1.23. The molecule has 0 N–H and O–H groups in total. The van der Waals surface area contributed by atoms with Crippen LogP contribution >= 0.6 is 0 Å². The first kappa shape index (κ1) is 5.72. The second-order valence-corrected chi connectivity index (χ2v) is 3.78. The maximum absolute atomic E-state index is 10.9. The van der Waals surface area contributed by atoms with E-state index in [4.69, 9.17) is 0 Å². The van der Waals surface area contributed by atoms with E-state index in [0.717, 1.165) is 0 Å². The van der Waals surface area contributed by atoms with E-state index in [1.165, 1.54) is 6.34 Å². The number of aliphatic imine (C=N–C) groups is 3. The monoisotopic (exact) mass is 157 g/mol. The van der Waals surface area contributed by atoms with Gasteiger partial charge in [-0.3, -0.25) is 0 Å². The molecule has 5 nitrogen and oxygen atoms in total. The summed E-state index contributed by atoms with van der Waals surface area (Å²) in [6.45, 7) is 0. The first-order chi connectivity index (χ1) is 4.70. The Hall–Kier alpha value is -1.04. The van der Waals surface area contributed by atoms with E-state index in [1.54, 1.807) is 0 Å². The predicted molar refractivity (Wildman–Crippen MR) is 37.1 cm³/mol. The van der Waals surface area contributed by atoms with Crippen molar-refractivity contribution in [2.75, 3.05) is 5.88 Å². The first-order valence-electron chi connectivity index (χ1n) is 2.58. The van der Waals surface area contributed by atoms with Gasteiger partial charge in [0.25, 0.3) is 0 Å². The van der Waals surface area contributed by atoms with Crippen LogP contribution in [0.3, 0.4) is 0 Å². The SMILES string of the molecule is O=S1(=O)CN=C2N=CN=C21. The quantitative estimate of drug-likeness (QED) is 0.462. The van der Waals surface area contributed by atoms with Crippen molar-refractivity contribution in [2.45, 2.75) is 0 Å². The lowest BCUT2D eigenvalue weighted by molar-refractivity contribution is 0.609. The minimum Gasteiger partial charge on any atom is -0.247 e. The molecule has 2 aliphatic heterocycles. The van der Waals surface area contributed by atoms with Crippen molar-refractivity contribution in [3.63, 3.8) is 0 Å². The Bertz CT molecular complexity index is 362. The molecule has 0 aromatic carbocycles. The molecule has 0 aromatic heterocycles. The molecule has 0 fully saturated rings. The smallest absolute Gasteiger partial charge is 0.219 e. The van der Waals surface area contributed by atoms with E-state index in [0.29, 0.717) is 0 Å². The molecular formula is C4H3N3O2S. The summed E-state index contributed by atoms with van der Waals surface area (Å²) in [6.07, 6.45) is 1.20. The first-order valence-corrected chi connectivity index (χ1v) is 4.23. The molecule has 0 bridgehead atoms. The van der Waals surface area contributed by atoms with Crippen LogP contribution in [0.1, 0.15) is 0 Å². The van der Waals surface area contributed by atoms with Crippen molar-refractivity contribution in [1.82, 2.24) is 0 Å². The third-order valence-corrected chi connectivity index (χ3v) is 2.57. The third kappa shape index (κ3) is 0.563. The van der Waals surface area contributed by atoms with Gasteiger partial charge >= 0.3 is 0 Å². The van der Waals surface area contributed by atoms with Crippen molar-refractivity contribution >= 4 is 27.1 Å². The Kier molecular flexibility index (Phi) is 0.866. The Balaban J connectivity index is 2.66. The minimum atomic E-state index is -3.20. The summed E-state index contributed by atoms with van der Waals surface area (Å²) in [6, 6.07) is 0. The molecule has 0 saturated heterocycles. The fraction of sp³-hybridized carbons (Fsp3) is 0.250. The summed E-state index contributed by atoms with van der Waals surface area (Å²) in [7, 11) is -3.20. The van der Waals surface area contributed by atoms with Gasteiger partial charge in [0.2, 0.25) is 14.9 Å². The maximum atomic E-state index is 10.9. The summed E-state index contributed by atoms with van der Waals surface area (Å²) in [5.74, 6) is 0.0541. The number of amidine groups is 1. The number of hydrogen-bond donors (Lipinski definition) is 0. The van der Waals surface area contributed by atoms with Crippen molar-refractivity contribution in [1.29, 1.82) is 0 Å². The minimum absolute atomic E-state index is 0.0208. The second-order valence-electron chi connectivity index (χ2n) is 1.90. The molecular weight excluding hydrogens is 154 g/mol. The molecule has 2 rings (SSSR count).